The molecule has 1 rings (SSSR count). The first kappa shape index (κ1) is 16.8. The predicted octanol–water partition coefficient (Wildman–Crippen LogP) is 0.711. The van der Waals surface area contributed by atoms with Crippen molar-refractivity contribution in [1.29, 1.82) is 0 Å². The summed E-state index contributed by atoms with van der Waals surface area (Å²) in [4.78, 5) is 36.2. The average Bonchev–Trinajstić information content (AvgIpc) is 2.59. The number of carbonyl (C=O) groups excluding carboxylic acids is 2. The highest BCUT2D eigenvalue weighted by Gasteiger charge is 2.23. The molecule has 0 aromatic carbocycles. The lowest BCUT2D eigenvalue weighted by atomic mass is 10.2. The number of carbonyl (C=O) groups is 3. The summed E-state index contributed by atoms with van der Waals surface area (Å²) >= 11 is 1.53. The molecular formula is C13H22N2O4S. The second-order valence-corrected chi connectivity index (χ2v) is 5.85. The Morgan fingerprint density at radius 2 is 2.15 bits per heavy atom. The Bertz CT molecular complexity index is 362. The number of hydrogen-bond acceptors (Lipinski definition) is 4. The van der Waals surface area contributed by atoms with E-state index in [9.17, 15) is 14.4 Å². The van der Waals surface area contributed by atoms with Gasteiger partial charge >= 0.3 is 5.97 Å². The molecular weight excluding hydrogens is 280 g/mol. The number of rotatable bonds is 7. The summed E-state index contributed by atoms with van der Waals surface area (Å²) in [7, 11) is 0. The highest BCUT2D eigenvalue weighted by atomic mass is 32.2. The number of hydrogen-bond donors (Lipinski definition) is 2. The third-order valence-corrected chi connectivity index (χ3v) is 3.89. The van der Waals surface area contributed by atoms with Gasteiger partial charge in [0.05, 0.1) is 6.54 Å². The fraction of sp³-hybridized carbons (Fsp3) is 0.769. The van der Waals surface area contributed by atoms with Gasteiger partial charge in [0.15, 0.2) is 0 Å². The molecule has 6 nitrogen and oxygen atoms in total. The molecule has 2 amide bonds. The first-order valence-electron chi connectivity index (χ1n) is 6.83. The summed E-state index contributed by atoms with van der Waals surface area (Å²) < 4.78 is 0. The molecule has 2 N–H and O–H groups in total. The molecule has 1 aliphatic heterocycles. The largest absolute Gasteiger partial charge is 0.480 e. The van der Waals surface area contributed by atoms with Crippen LogP contribution in [0.1, 0.15) is 32.1 Å². The van der Waals surface area contributed by atoms with E-state index in [1.165, 1.54) is 16.7 Å². The zero-order valence-corrected chi connectivity index (χ0v) is 12.6. The summed E-state index contributed by atoms with van der Waals surface area (Å²) in [6, 6.07) is -0.878. The highest BCUT2D eigenvalue weighted by molar-refractivity contribution is 7.98. The van der Waals surface area contributed by atoms with Crippen molar-refractivity contribution in [2.75, 3.05) is 25.1 Å². The van der Waals surface area contributed by atoms with E-state index in [0.29, 0.717) is 25.1 Å². The minimum Gasteiger partial charge on any atom is -0.480 e. The minimum atomic E-state index is -1.03. The molecule has 0 bridgehead atoms. The van der Waals surface area contributed by atoms with Gasteiger partial charge in [0, 0.05) is 13.0 Å². The number of nitrogens with one attached hydrogen (secondary N) is 1. The fourth-order valence-corrected chi connectivity index (χ4v) is 2.58. The van der Waals surface area contributed by atoms with E-state index in [0.717, 1.165) is 19.3 Å². The normalized spacial score (nSPS) is 17.4. The van der Waals surface area contributed by atoms with Crippen molar-refractivity contribution < 1.29 is 19.5 Å². The van der Waals surface area contributed by atoms with Gasteiger partial charge in [-0.1, -0.05) is 6.42 Å². The topological polar surface area (TPSA) is 86.7 Å². The van der Waals surface area contributed by atoms with Gasteiger partial charge in [-0.2, -0.15) is 11.8 Å². The van der Waals surface area contributed by atoms with Gasteiger partial charge in [-0.25, -0.2) is 4.79 Å². The molecule has 1 fully saturated rings. The average molecular weight is 302 g/mol. The molecule has 114 valence electrons. The molecule has 1 atom stereocenters. The van der Waals surface area contributed by atoms with Crippen LogP contribution < -0.4 is 5.32 Å². The number of likely N-dealkylation sites (tertiary alicyclic amines) is 1. The third-order valence-electron chi connectivity index (χ3n) is 3.25. The number of carboxylic acid groups (broad SMARTS) is 1. The quantitative estimate of drug-likeness (QED) is 0.723. The van der Waals surface area contributed by atoms with Crippen LogP contribution >= 0.6 is 11.8 Å². The molecule has 1 aliphatic rings. The van der Waals surface area contributed by atoms with Gasteiger partial charge in [0.25, 0.3) is 0 Å². The van der Waals surface area contributed by atoms with E-state index in [4.69, 9.17) is 5.11 Å². The van der Waals surface area contributed by atoms with E-state index >= 15 is 0 Å². The Morgan fingerprint density at radius 3 is 2.80 bits per heavy atom. The van der Waals surface area contributed by atoms with Crippen molar-refractivity contribution in [3.63, 3.8) is 0 Å². The molecule has 20 heavy (non-hydrogen) atoms. The predicted molar refractivity (Wildman–Crippen MR) is 77.6 cm³/mol. The smallest absolute Gasteiger partial charge is 0.326 e. The van der Waals surface area contributed by atoms with Crippen LogP contribution in [0.5, 0.6) is 0 Å². The lowest BCUT2D eigenvalue weighted by Gasteiger charge is -2.21. The minimum absolute atomic E-state index is 0.0198. The summed E-state index contributed by atoms with van der Waals surface area (Å²) in [5.74, 6) is -0.781. The monoisotopic (exact) mass is 302 g/mol. The highest BCUT2D eigenvalue weighted by Crippen LogP contribution is 2.10. The van der Waals surface area contributed by atoms with Crippen molar-refractivity contribution in [2.45, 2.75) is 38.1 Å². The number of thioether (sulfide) groups is 1. The Balaban J connectivity index is 2.47. The second kappa shape index (κ2) is 8.84. The van der Waals surface area contributed by atoms with Gasteiger partial charge in [-0.3, -0.25) is 9.59 Å². The van der Waals surface area contributed by atoms with Crippen LogP contribution in [0.15, 0.2) is 0 Å². The Labute approximate surface area is 123 Å². The van der Waals surface area contributed by atoms with E-state index in [2.05, 4.69) is 5.32 Å². The molecule has 0 aliphatic carbocycles. The fourth-order valence-electron chi connectivity index (χ4n) is 2.11. The van der Waals surface area contributed by atoms with Gasteiger partial charge < -0.3 is 15.3 Å². The Hall–Kier alpha value is -1.24. The zero-order chi connectivity index (χ0) is 15.0. The Kier molecular flexibility index (Phi) is 7.43. The van der Waals surface area contributed by atoms with Crippen molar-refractivity contribution >= 4 is 29.5 Å². The van der Waals surface area contributed by atoms with Gasteiger partial charge in [0.2, 0.25) is 11.8 Å². The standard InChI is InChI=1S/C13H22N2O4S/c1-20-8-6-10(13(18)19)14-11(16)9-15-7-4-2-3-5-12(15)17/h10H,2-9H2,1H3,(H,14,16)(H,18,19)/t10-/m1/s1. The van der Waals surface area contributed by atoms with Crippen LogP contribution in [-0.2, 0) is 14.4 Å². The van der Waals surface area contributed by atoms with Crippen LogP contribution in [0.25, 0.3) is 0 Å². The van der Waals surface area contributed by atoms with Crippen molar-refractivity contribution in [1.82, 2.24) is 10.2 Å². The van der Waals surface area contributed by atoms with Crippen molar-refractivity contribution in [3.05, 3.63) is 0 Å². The van der Waals surface area contributed by atoms with Crippen LogP contribution in [-0.4, -0.2) is 58.9 Å². The molecule has 0 spiro atoms. The third kappa shape index (κ3) is 5.81. The summed E-state index contributed by atoms with van der Waals surface area (Å²) in [5, 5.41) is 11.5. The first-order chi connectivity index (χ1) is 9.54. The van der Waals surface area contributed by atoms with Gasteiger partial charge in [0.1, 0.15) is 6.04 Å². The lowest BCUT2D eigenvalue weighted by Crippen LogP contribution is -2.47. The molecule has 0 aromatic heterocycles. The zero-order valence-electron chi connectivity index (χ0n) is 11.8. The molecule has 0 unspecified atom stereocenters. The molecule has 0 saturated carbocycles. The van der Waals surface area contributed by atoms with Gasteiger partial charge in [-0.15, -0.1) is 0 Å². The van der Waals surface area contributed by atoms with E-state index < -0.39 is 17.9 Å². The molecule has 1 saturated heterocycles. The van der Waals surface area contributed by atoms with Crippen molar-refractivity contribution in [2.24, 2.45) is 0 Å². The number of amides is 2. The first-order valence-corrected chi connectivity index (χ1v) is 8.23. The maximum Gasteiger partial charge on any atom is 0.326 e. The SMILES string of the molecule is CSCC[C@@H](NC(=O)CN1CCCCCC1=O)C(=O)O. The van der Waals surface area contributed by atoms with Crippen LogP contribution in [0.4, 0.5) is 0 Å². The molecule has 1 heterocycles. The number of nitrogens with zero attached hydrogens (tertiary/aromatic N) is 1. The van der Waals surface area contributed by atoms with E-state index in [1.807, 2.05) is 6.26 Å². The molecule has 7 heteroatoms. The Morgan fingerprint density at radius 1 is 1.40 bits per heavy atom. The number of carboxylic acids is 1. The number of aliphatic carboxylic acids is 1. The van der Waals surface area contributed by atoms with Crippen molar-refractivity contribution in [3.8, 4) is 0 Å². The lowest BCUT2D eigenvalue weighted by molar-refractivity contribution is -0.142. The van der Waals surface area contributed by atoms with Crippen LogP contribution in [0.2, 0.25) is 0 Å². The molecule has 0 radical (unpaired) electrons. The van der Waals surface area contributed by atoms with E-state index in [-0.39, 0.29) is 12.5 Å². The van der Waals surface area contributed by atoms with Gasteiger partial charge in [-0.05, 0) is 31.3 Å². The summed E-state index contributed by atoms with van der Waals surface area (Å²) in [5.41, 5.74) is 0. The van der Waals surface area contributed by atoms with Crippen LogP contribution in [0, 0.1) is 0 Å². The van der Waals surface area contributed by atoms with E-state index in [1.54, 1.807) is 0 Å². The summed E-state index contributed by atoms with van der Waals surface area (Å²) in [6.07, 6.45) is 5.50. The summed E-state index contributed by atoms with van der Waals surface area (Å²) in [6.45, 7) is 0.538. The second-order valence-electron chi connectivity index (χ2n) is 4.87. The maximum absolute atomic E-state index is 11.9. The molecule has 0 aromatic rings. The van der Waals surface area contributed by atoms with Crippen LogP contribution in [0.3, 0.4) is 0 Å². The maximum atomic E-state index is 11.9.